The third-order valence-corrected chi connectivity index (χ3v) is 5.74. The first-order chi connectivity index (χ1) is 11.6. The maximum atomic E-state index is 12.9. The third-order valence-electron chi connectivity index (χ3n) is 5.74. The van der Waals surface area contributed by atoms with E-state index in [1.165, 1.54) is 0 Å². The SMILES string of the molecule is C=CCOc1cccc2c1C(=O)CC1C3=C(CCC21C)C(=O)OC3. The molecule has 24 heavy (non-hydrogen) atoms. The van der Waals surface area contributed by atoms with Gasteiger partial charge in [0.05, 0.1) is 5.56 Å². The second-order valence-electron chi connectivity index (χ2n) is 6.96. The van der Waals surface area contributed by atoms with Gasteiger partial charge in [0, 0.05) is 23.3 Å². The van der Waals surface area contributed by atoms with Gasteiger partial charge >= 0.3 is 5.97 Å². The molecule has 0 amide bonds. The zero-order chi connectivity index (χ0) is 16.9. The molecule has 0 aromatic heterocycles. The molecule has 4 nitrogen and oxygen atoms in total. The number of hydrogen-bond acceptors (Lipinski definition) is 4. The molecule has 1 aromatic rings. The molecule has 2 aliphatic carbocycles. The van der Waals surface area contributed by atoms with Crippen molar-refractivity contribution in [2.45, 2.75) is 31.6 Å². The van der Waals surface area contributed by atoms with Gasteiger partial charge in [-0.2, -0.15) is 0 Å². The fraction of sp³-hybridized carbons (Fsp3) is 0.400. The van der Waals surface area contributed by atoms with Crippen LogP contribution >= 0.6 is 0 Å². The van der Waals surface area contributed by atoms with Crippen LogP contribution in [0.3, 0.4) is 0 Å². The molecule has 0 saturated heterocycles. The van der Waals surface area contributed by atoms with Crippen molar-refractivity contribution in [2.75, 3.05) is 13.2 Å². The summed E-state index contributed by atoms with van der Waals surface area (Å²) in [4.78, 5) is 24.8. The van der Waals surface area contributed by atoms with Crippen LogP contribution in [0.25, 0.3) is 0 Å². The molecule has 3 aliphatic rings. The highest BCUT2D eigenvalue weighted by molar-refractivity contribution is 6.03. The molecular formula is C20H20O4. The van der Waals surface area contributed by atoms with Crippen LogP contribution in [0.4, 0.5) is 0 Å². The molecule has 0 radical (unpaired) electrons. The maximum absolute atomic E-state index is 12.9. The number of rotatable bonds is 3. The van der Waals surface area contributed by atoms with Crippen molar-refractivity contribution >= 4 is 11.8 Å². The first-order valence-electron chi connectivity index (χ1n) is 8.35. The number of carbonyl (C=O) groups excluding carboxylic acids is 2. The molecule has 0 fully saturated rings. The van der Waals surface area contributed by atoms with Gasteiger partial charge in [0.2, 0.25) is 0 Å². The molecule has 4 rings (SSSR count). The Morgan fingerprint density at radius 2 is 2.25 bits per heavy atom. The highest BCUT2D eigenvalue weighted by Crippen LogP contribution is 2.54. The molecule has 1 heterocycles. The number of benzene rings is 1. The summed E-state index contributed by atoms with van der Waals surface area (Å²) in [5.74, 6) is 0.562. The first kappa shape index (κ1) is 15.2. The lowest BCUT2D eigenvalue weighted by atomic mass is 9.56. The fourth-order valence-electron chi connectivity index (χ4n) is 4.49. The molecular weight excluding hydrogens is 304 g/mol. The molecule has 2 unspecified atom stereocenters. The van der Waals surface area contributed by atoms with Gasteiger partial charge in [-0.3, -0.25) is 4.79 Å². The zero-order valence-electron chi connectivity index (χ0n) is 13.8. The number of ketones is 1. The number of Topliss-reactive ketones (excluding diaryl/α,β-unsaturated/α-hetero) is 1. The van der Waals surface area contributed by atoms with Crippen LogP contribution in [0.2, 0.25) is 0 Å². The van der Waals surface area contributed by atoms with Crippen LogP contribution < -0.4 is 4.74 Å². The number of ether oxygens (including phenoxy) is 2. The monoisotopic (exact) mass is 324 g/mol. The topological polar surface area (TPSA) is 52.6 Å². The average molecular weight is 324 g/mol. The highest BCUT2D eigenvalue weighted by atomic mass is 16.5. The fourth-order valence-corrected chi connectivity index (χ4v) is 4.49. The van der Waals surface area contributed by atoms with Gasteiger partial charge in [0.15, 0.2) is 5.78 Å². The quantitative estimate of drug-likeness (QED) is 0.632. The Labute approximate surface area is 141 Å². The Kier molecular flexibility index (Phi) is 3.37. The summed E-state index contributed by atoms with van der Waals surface area (Å²) < 4.78 is 11.0. The van der Waals surface area contributed by atoms with E-state index < -0.39 is 0 Å². The van der Waals surface area contributed by atoms with E-state index in [1.807, 2.05) is 18.2 Å². The molecule has 124 valence electrons. The summed E-state index contributed by atoms with van der Waals surface area (Å²) in [6, 6.07) is 5.82. The number of carbonyl (C=O) groups is 2. The molecule has 0 bridgehead atoms. The van der Waals surface area contributed by atoms with Crippen LogP contribution in [0.5, 0.6) is 5.75 Å². The lowest BCUT2D eigenvalue weighted by Gasteiger charge is -2.46. The predicted molar refractivity (Wildman–Crippen MR) is 89.1 cm³/mol. The Morgan fingerprint density at radius 1 is 1.42 bits per heavy atom. The minimum Gasteiger partial charge on any atom is -0.489 e. The van der Waals surface area contributed by atoms with E-state index in [9.17, 15) is 9.59 Å². The van der Waals surface area contributed by atoms with Crippen molar-refractivity contribution in [3.63, 3.8) is 0 Å². The van der Waals surface area contributed by atoms with Gasteiger partial charge in [0.1, 0.15) is 19.0 Å². The van der Waals surface area contributed by atoms with Crippen LogP contribution in [0.15, 0.2) is 42.0 Å². The summed E-state index contributed by atoms with van der Waals surface area (Å²) in [6.07, 6.45) is 3.65. The minimum absolute atomic E-state index is 0.0438. The van der Waals surface area contributed by atoms with Crippen molar-refractivity contribution < 1.29 is 19.1 Å². The lowest BCUT2D eigenvalue weighted by molar-refractivity contribution is -0.136. The molecule has 0 spiro atoms. The average Bonchev–Trinajstić information content (AvgIpc) is 2.95. The zero-order valence-corrected chi connectivity index (χ0v) is 13.8. The third kappa shape index (κ3) is 1.98. The second kappa shape index (κ2) is 5.33. The Balaban J connectivity index is 1.84. The van der Waals surface area contributed by atoms with Crippen molar-refractivity contribution in [3.05, 3.63) is 53.1 Å². The van der Waals surface area contributed by atoms with E-state index in [0.29, 0.717) is 37.4 Å². The number of fused-ring (bicyclic) bond motifs is 4. The van der Waals surface area contributed by atoms with Crippen LogP contribution in [0, 0.1) is 5.92 Å². The van der Waals surface area contributed by atoms with E-state index in [1.54, 1.807) is 6.08 Å². The molecule has 0 saturated carbocycles. The molecule has 0 N–H and O–H groups in total. The second-order valence-corrected chi connectivity index (χ2v) is 6.96. The van der Waals surface area contributed by atoms with Crippen molar-refractivity contribution in [1.29, 1.82) is 0 Å². The number of hydrogen-bond donors (Lipinski definition) is 0. The molecule has 1 aromatic carbocycles. The Hall–Kier alpha value is -2.36. The van der Waals surface area contributed by atoms with E-state index >= 15 is 0 Å². The van der Waals surface area contributed by atoms with Gasteiger partial charge in [-0.15, -0.1) is 0 Å². The van der Waals surface area contributed by atoms with Gasteiger partial charge < -0.3 is 9.47 Å². The van der Waals surface area contributed by atoms with E-state index in [2.05, 4.69) is 13.5 Å². The summed E-state index contributed by atoms with van der Waals surface area (Å²) in [7, 11) is 0. The van der Waals surface area contributed by atoms with Gasteiger partial charge in [-0.1, -0.05) is 31.7 Å². The summed E-state index contributed by atoms with van der Waals surface area (Å²) in [5, 5.41) is 0. The van der Waals surface area contributed by atoms with E-state index in [4.69, 9.17) is 9.47 Å². The Morgan fingerprint density at radius 3 is 3.04 bits per heavy atom. The Bertz CT molecular complexity index is 789. The smallest absolute Gasteiger partial charge is 0.334 e. The van der Waals surface area contributed by atoms with Crippen molar-refractivity contribution in [2.24, 2.45) is 5.92 Å². The first-order valence-corrected chi connectivity index (χ1v) is 8.35. The molecule has 2 atom stereocenters. The van der Waals surface area contributed by atoms with Crippen LogP contribution in [-0.4, -0.2) is 25.0 Å². The van der Waals surface area contributed by atoms with E-state index in [0.717, 1.165) is 23.1 Å². The molecule has 1 aliphatic heterocycles. The van der Waals surface area contributed by atoms with Crippen LogP contribution in [0.1, 0.15) is 42.1 Å². The summed E-state index contributed by atoms with van der Waals surface area (Å²) in [5.41, 5.74) is 3.41. The predicted octanol–water partition coefficient (Wildman–Crippen LogP) is 3.36. The highest BCUT2D eigenvalue weighted by Gasteiger charge is 2.51. The number of esters is 1. The normalized spacial score (nSPS) is 28.0. The minimum atomic E-state index is -0.201. The van der Waals surface area contributed by atoms with Crippen LogP contribution in [-0.2, 0) is 14.9 Å². The standard InChI is InChI=1S/C20H20O4/c1-3-9-23-17-6-4-5-14-18(17)16(21)10-15-13-11-24-19(22)12(13)7-8-20(14,15)2/h3-6,15H,1,7-11H2,2H3. The lowest BCUT2D eigenvalue weighted by Crippen LogP contribution is -2.43. The number of cyclic esters (lactones) is 1. The molecule has 4 heteroatoms. The summed E-state index contributed by atoms with van der Waals surface area (Å²) >= 11 is 0. The largest absolute Gasteiger partial charge is 0.489 e. The maximum Gasteiger partial charge on any atom is 0.334 e. The van der Waals surface area contributed by atoms with Gasteiger partial charge in [-0.25, -0.2) is 4.79 Å². The van der Waals surface area contributed by atoms with Crippen molar-refractivity contribution in [3.8, 4) is 5.75 Å². The van der Waals surface area contributed by atoms with Gasteiger partial charge in [0.25, 0.3) is 0 Å². The summed E-state index contributed by atoms with van der Waals surface area (Å²) in [6.45, 7) is 6.58. The van der Waals surface area contributed by atoms with Crippen molar-refractivity contribution in [1.82, 2.24) is 0 Å². The van der Waals surface area contributed by atoms with E-state index in [-0.39, 0.29) is 23.1 Å². The van der Waals surface area contributed by atoms with Gasteiger partial charge in [-0.05, 0) is 30.0 Å².